The first-order chi connectivity index (χ1) is 6.59. The maximum atomic E-state index is 13.4. The van der Waals surface area contributed by atoms with Crippen LogP contribution in [0.15, 0.2) is 18.2 Å². The molecule has 1 aromatic rings. The minimum atomic E-state index is -0.740. The van der Waals surface area contributed by atoms with Crippen molar-refractivity contribution in [1.29, 1.82) is 0 Å². The number of benzene rings is 1. The topological polar surface area (TPSA) is 32.3 Å². The Bertz CT molecular complexity index is 347. The highest BCUT2D eigenvalue weighted by Crippen LogP contribution is 2.20. The highest BCUT2D eigenvalue weighted by atomic mass is 19.1. The zero-order valence-corrected chi connectivity index (χ0v) is 8.18. The minimum absolute atomic E-state index is 0.217. The molecule has 3 heteroatoms. The van der Waals surface area contributed by atoms with Gasteiger partial charge in [0.2, 0.25) is 0 Å². The molecule has 0 amide bonds. The van der Waals surface area contributed by atoms with Gasteiger partial charge in [-0.05, 0) is 24.1 Å². The normalized spacial score (nSPS) is 19.1. The van der Waals surface area contributed by atoms with Crippen molar-refractivity contribution in [1.82, 2.24) is 5.32 Å². The molecule has 76 valence electrons. The van der Waals surface area contributed by atoms with Crippen LogP contribution < -0.4 is 5.32 Å². The summed E-state index contributed by atoms with van der Waals surface area (Å²) in [5.74, 6) is -0.217. The van der Waals surface area contributed by atoms with E-state index in [0.29, 0.717) is 25.1 Å². The Morgan fingerprint density at radius 2 is 2.21 bits per heavy atom. The van der Waals surface area contributed by atoms with Gasteiger partial charge in [-0.1, -0.05) is 12.1 Å². The molecular weight excluding hydrogens is 181 g/mol. The predicted octanol–water partition coefficient (Wildman–Crippen LogP) is 1.01. The van der Waals surface area contributed by atoms with E-state index in [1.807, 2.05) is 13.0 Å². The standard InChI is InChI=1S/C11H14FNO/c1-8-2-3-9(10(12)4-8)5-11(14)6-13-7-11/h2-4,13-14H,5-7H2,1H3. The Morgan fingerprint density at radius 1 is 1.50 bits per heavy atom. The molecule has 1 aromatic carbocycles. The average Bonchev–Trinajstić information content (AvgIpc) is 2.07. The molecule has 0 radical (unpaired) electrons. The molecule has 0 bridgehead atoms. The fourth-order valence-electron chi connectivity index (χ4n) is 1.69. The van der Waals surface area contributed by atoms with Crippen molar-refractivity contribution in [2.24, 2.45) is 0 Å². The smallest absolute Gasteiger partial charge is 0.126 e. The van der Waals surface area contributed by atoms with Crippen LogP contribution in [0.1, 0.15) is 11.1 Å². The summed E-state index contributed by atoms with van der Waals surface area (Å²) in [6.45, 7) is 2.97. The van der Waals surface area contributed by atoms with Crippen molar-refractivity contribution in [2.75, 3.05) is 13.1 Å². The van der Waals surface area contributed by atoms with Crippen LogP contribution >= 0.6 is 0 Å². The molecule has 2 nitrogen and oxygen atoms in total. The summed E-state index contributed by atoms with van der Waals surface area (Å²) in [4.78, 5) is 0. The number of β-amino-alcohol motifs (C(OH)–C–C–N with tert-alkyl or cyclic N) is 1. The maximum absolute atomic E-state index is 13.4. The van der Waals surface area contributed by atoms with E-state index in [9.17, 15) is 9.50 Å². The van der Waals surface area contributed by atoms with Gasteiger partial charge < -0.3 is 10.4 Å². The van der Waals surface area contributed by atoms with E-state index in [4.69, 9.17) is 0 Å². The number of halogens is 1. The Kier molecular flexibility index (Phi) is 2.29. The van der Waals surface area contributed by atoms with Crippen molar-refractivity contribution < 1.29 is 9.50 Å². The molecule has 1 heterocycles. The van der Waals surface area contributed by atoms with E-state index >= 15 is 0 Å². The highest BCUT2D eigenvalue weighted by Gasteiger charge is 2.34. The minimum Gasteiger partial charge on any atom is -0.387 e. The number of rotatable bonds is 2. The third-order valence-electron chi connectivity index (χ3n) is 2.64. The summed E-state index contributed by atoms with van der Waals surface area (Å²) >= 11 is 0. The Hall–Kier alpha value is -0.930. The number of aryl methyl sites for hydroxylation is 1. The van der Waals surface area contributed by atoms with E-state index in [2.05, 4.69) is 5.32 Å². The van der Waals surface area contributed by atoms with E-state index < -0.39 is 5.60 Å². The summed E-state index contributed by atoms with van der Waals surface area (Å²) in [5.41, 5.74) is 0.764. The lowest BCUT2D eigenvalue weighted by Gasteiger charge is -2.37. The van der Waals surface area contributed by atoms with E-state index in [1.165, 1.54) is 6.07 Å². The molecule has 2 rings (SSSR count). The molecule has 1 aliphatic heterocycles. The number of hydrogen-bond acceptors (Lipinski definition) is 2. The van der Waals surface area contributed by atoms with Crippen molar-refractivity contribution >= 4 is 0 Å². The SMILES string of the molecule is Cc1ccc(CC2(O)CNC2)c(F)c1. The molecule has 1 aliphatic rings. The Labute approximate surface area is 82.8 Å². The first kappa shape index (κ1) is 9.62. The molecule has 0 saturated carbocycles. The van der Waals surface area contributed by atoms with Crippen LogP contribution in [0, 0.1) is 12.7 Å². The van der Waals surface area contributed by atoms with Crippen LogP contribution in [0.3, 0.4) is 0 Å². The molecule has 0 atom stereocenters. The lowest BCUT2D eigenvalue weighted by molar-refractivity contribution is -0.00968. The molecule has 0 unspecified atom stereocenters. The van der Waals surface area contributed by atoms with Gasteiger partial charge in [0.05, 0.1) is 5.60 Å². The summed E-state index contributed by atoms with van der Waals surface area (Å²) in [6, 6.07) is 5.12. The number of aliphatic hydroxyl groups is 1. The monoisotopic (exact) mass is 195 g/mol. The van der Waals surface area contributed by atoms with Crippen molar-refractivity contribution in [2.45, 2.75) is 18.9 Å². The van der Waals surface area contributed by atoms with Gasteiger partial charge in [-0.25, -0.2) is 4.39 Å². The van der Waals surface area contributed by atoms with Crippen LogP contribution in [0.25, 0.3) is 0 Å². The van der Waals surface area contributed by atoms with Gasteiger partial charge in [0, 0.05) is 19.5 Å². The van der Waals surface area contributed by atoms with Gasteiger partial charge >= 0.3 is 0 Å². The summed E-state index contributed by atoms with van der Waals surface area (Å²) in [5, 5.41) is 12.8. The summed E-state index contributed by atoms with van der Waals surface area (Å²) < 4.78 is 13.4. The van der Waals surface area contributed by atoms with Crippen molar-refractivity contribution in [3.63, 3.8) is 0 Å². The van der Waals surface area contributed by atoms with Gasteiger partial charge in [-0.3, -0.25) is 0 Å². The lowest BCUT2D eigenvalue weighted by Crippen LogP contribution is -2.60. The molecule has 0 spiro atoms. The first-order valence-corrected chi connectivity index (χ1v) is 4.77. The zero-order chi connectivity index (χ0) is 10.2. The second kappa shape index (κ2) is 3.33. The van der Waals surface area contributed by atoms with Crippen LogP contribution in [0.2, 0.25) is 0 Å². The Morgan fingerprint density at radius 3 is 2.71 bits per heavy atom. The Balaban J connectivity index is 2.16. The van der Waals surface area contributed by atoms with E-state index in [1.54, 1.807) is 6.07 Å². The van der Waals surface area contributed by atoms with Crippen LogP contribution in [0.5, 0.6) is 0 Å². The van der Waals surface area contributed by atoms with Gasteiger partial charge in [-0.2, -0.15) is 0 Å². The fourth-order valence-corrected chi connectivity index (χ4v) is 1.69. The molecule has 0 aromatic heterocycles. The highest BCUT2D eigenvalue weighted by molar-refractivity contribution is 5.25. The number of nitrogens with one attached hydrogen (secondary N) is 1. The van der Waals surface area contributed by atoms with Crippen LogP contribution in [-0.4, -0.2) is 23.8 Å². The molecule has 1 saturated heterocycles. The lowest BCUT2D eigenvalue weighted by atomic mass is 9.89. The van der Waals surface area contributed by atoms with Crippen molar-refractivity contribution in [3.05, 3.63) is 35.1 Å². The van der Waals surface area contributed by atoms with Gasteiger partial charge in [0.1, 0.15) is 5.82 Å². The average molecular weight is 195 g/mol. The third kappa shape index (κ3) is 1.79. The quantitative estimate of drug-likeness (QED) is 0.738. The summed E-state index contributed by atoms with van der Waals surface area (Å²) in [7, 11) is 0. The second-order valence-electron chi connectivity index (χ2n) is 4.10. The van der Waals surface area contributed by atoms with Crippen molar-refractivity contribution in [3.8, 4) is 0 Å². The second-order valence-corrected chi connectivity index (χ2v) is 4.10. The van der Waals surface area contributed by atoms with Gasteiger partial charge in [0.15, 0.2) is 0 Å². The first-order valence-electron chi connectivity index (χ1n) is 4.77. The molecular formula is C11H14FNO. The van der Waals surface area contributed by atoms with Crippen LogP contribution in [-0.2, 0) is 6.42 Å². The number of hydrogen-bond donors (Lipinski definition) is 2. The van der Waals surface area contributed by atoms with Gasteiger partial charge in [0.25, 0.3) is 0 Å². The van der Waals surface area contributed by atoms with Crippen LogP contribution in [0.4, 0.5) is 4.39 Å². The largest absolute Gasteiger partial charge is 0.387 e. The third-order valence-corrected chi connectivity index (χ3v) is 2.64. The molecule has 1 fully saturated rings. The maximum Gasteiger partial charge on any atom is 0.126 e. The van der Waals surface area contributed by atoms with E-state index in [0.717, 1.165) is 5.56 Å². The zero-order valence-electron chi connectivity index (χ0n) is 8.18. The predicted molar refractivity (Wildman–Crippen MR) is 52.7 cm³/mol. The molecule has 14 heavy (non-hydrogen) atoms. The summed E-state index contributed by atoms with van der Waals surface area (Å²) in [6.07, 6.45) is 0.395. The van der Waals surface area contributed by atoms with Gasteiger partial charge in [-0.15, -0.1) is 0 Å². The fraction of sp³-hybridized carbons (Fsp3) is 0.455. The molecule has 2 N–H and O–H groups in total. The molecule has 0 aliphatic carbocycles. The van der Waals surface area contributed by atoms with E-state index in [-0.39, 0.29) is 5.82 Å².